The van der Waals surface area contributed by atoms with Gasteiger partial charge in [-0.15, -0.1) is 11.8 Å². The summed E-state index contributed by atoms with van der Waals surface area (Å²) in [5, 5.41) is 3.09. The fourth-order valence-corrected chi connectivity index (χ4v) is 3.14. The van der Waals surface area contributed by atoms with E-state index in [0.29, 0.717) is 11.3 Å². The molecule has 0 spiro atoms. The number of halogens is 3. The lowest BCUT2D eigenvalue weighted by Crippen LogP contribution is -2.19. The van der Waals surface area contributed by atoms with E-state index >= 15 is 0 Å². The van der Waals surface area contributed by atoms with E-state index in [1.807, 2.05) is 24.3 Å². The molecular weight excluding hydrogens is 344 g/mol. The van der Waals surface area contributed by atoms with Gasteiger partial charge in [-0.2, -0.15) is 0 Å². The first-order valence-corrected chi connectivity index (χ1v) is 7.88. The number of hydrogen-bond acceptors (Lipinski definition) is 2. The van der Waals surface area contributed by atoms with Crippen LogP contribution in [0.4, 0.5) is 8.78 Å². The van der Waals surface area contributed by atoms with Crippen LogP contribution in [-0.4, -0.2) is 12.8 Å². The molecule has 0 bridgehead atoms. The lowest BCUT2D eigenvalue weighted by molar-refractivity contribution is 0.568. The maximum Gasteiger partial charge on any atom is 0.126 e. The van der Waals surface area contributed by atoms with Crippen molar-refractivity contribution in [2.24, 2.45) is 0 Å². The highest BCUT2D eigenvalue weighted by atomic mass is 79.9. The third-order valence-electron chi connectivity index (χ3n) is 2.87. The molecule has 0 aromatic heterocycles. The SMILES string of the molecule is CNC(CSc1ccc(Br)cc1)c1cc(F)cc(F)c1. The van der Waals surface area contributed by atoms with Crippen molar-refractivity contribution in [1.29, 1.82) is 0 Å². The van der Waals surface area contributed by atoms with Crippen LogP contribution in [0.25, 0.3) is 0 Å². The van der Waals surface area contributed by atoms with Crippen LogP contribution in [0.5, 0.6) is 0 Å². The smallest absolute Gasteiger partial charge is 0.126 e. The Morgan fingerprint density at radius 3 is 2.25 bits per heavy atom. The Morgan fingerprint density at radius 2 is 1.70 bits per heavy atom. The van der Waals surface area contributed by atoms with Crippen LogP contribution in [0.1, 0.15) is 11.6 Å². The van der Waals surface area contributed by atoms with Gasteiger partial charge in [-0.05, 0) is 49.0 Å². The molecule has 1 unspecified atom stereocenters. The summed E-state index contributed by atoms with van der Waals surface area (Å²) in [7, 11) is 1.79. The molecule has 0 amide bonds. The molecule has 0 fully saturated rings. The Labute approximate surface area is 129 Å². The molecule has 5 heteroatoms. The fourth-order valence-electron chi connectivity index (χ4n) is 1.83. The zero-order valence-electron chi connectivity index (χ0n) is 10.9. The maximum atomic E-state index is 13.3. The molecule has 2 aromatic rings. The van der Waals surface area contributed by atoms with Crippen LogP contribution in [0.3, 0.4) is 0 Å². The van der Waals surface area contributed by atoms with Gasteiger partial charge in [0.2, 0.25) is 0 Å². The van der Waals surface area contributed by atoms with Crippen molar-refractivity contribution >= 4 is 27.7 Å². The fraction of sp³-hybridized carbons (Fsp3) is 0.200. The Bertz CT molecular complexity index is 554. The summed E-state index contributed by atoms with van der Waals surface area (Å²) in [6.07, 6.45) is 0. The molecule has 0 aliphatic carbocycles. The van der Waals surface area contributed by atoms with Gasteiger partial charge in [0, 0.05) is 27.2 Å². The Balaban J connectivity index is 2.07. The van der Waals surface area contributed by atoms with Gasteiger partial charge in [-0.1, -0.05) is 15.9 Å². The molecule has 2 rings (SSSR count). The normalized spacial score (nSPS) is 12.4. The van der Waals surface area contributed by atoms with E-state index in [1.54, 1.807) is 18.8 Å². The predicted molar refractivity (Wildman–Crippen MR) is 83.0 cm³/mol. The van der Waals surface area contributed by atoms with Gasteiger partial charge in [-0.25, -0.2) is 8.78 Å². The van der Waals surface area contributed by atoms with E-state index in [1.165, 1.54) is 12.1 Å². The molecule has 1 N–H and O–H groups in total. The van der Waals surface area contributed by atoms with Crippen molar-refractivity contribution < 1.29 is 8.78 Å². The van der Waals surface area contributed by atoms with Gasteiger partial charge in [0.1, 0.15) is 11.6 Å². The van der Waals surface area contributed by atoms with Crippen molar-refractivity contribution in [3.05, 3.63) is 64.1 Å². The molecule has 2 aromatic carbocycles. The Hall–Kier alpha value is -0.910. The van der Waals surface area contributed by atoms with Gasteiger partial charge in [0.25, 0.3) is 0 Å². The average molecular weight is 358 g/mol. The number of hydrogen-bond donors (Lipinski definition) is 1. The quantitative estimate of drug-likeness (QED) is 0.772. The Morgan fingerprint density at radius 1 is 1.10 bits per heavy atom. The Kier molecular flexibility index (Phi) is 5.57. The minimum Gasteiger partial charge on any atom is -0.312 e. The van der Waals surface area contributed by atoms with E-state index in [2.05, 4.69) is 21.2 Å². The maximum absolute atomic E-state index is 13.3. The van der Waals surface area contributed by atoms with E-state index in [4.69, 9.17) is 0 Å². The summed E-state index contributed by atoms with van der Waals surface area (Å²) < 4.78 is 27.5. The zero-order valence-corrected chi connectivity index (χ0v) is 13.3. The van der Waals surface area contributed by atoms with Crippen molar-refractivity contribution in [3.63, 3.8) is 0 Å². The lowest BCUT2D eigenvalue weighted by Gasteiger charge is -2.16. The predicted octanol–water partition coefficient (Wildman–Crippen LogP) is 4.78. The molecule has 0 aliphatic rings. The van der Waals surface area contributed by atoms with E-state index in [-0.39, 0.29) is 6.04 Å². The van der Waals surface area contributed by atoms with Gasteiger partial charge >= 0.3 is 0 Å². The minimum absolute atomic E-state index is 0.103. The molecule has 20 heavy (non-hydrogen) atoms. The number of thioether (sulfide) groups is 1. The molecule has 1 atom stereocenters. The molecule has 1 nitrogen and oxygen atoms in total. The summed E-state index contributed by atoms with van der Waals surface area (Å²) in [6, 6.07) is 11.5. The lowest BCUT2D eigenvalue weighted by atomic mass is 10.1. The van der Waals surface area contributed by atoms with Crippen LogP contribution >= 0.6 is 27.7 Å². The summed E-state index contributed by atoms with van der Waals surface area (Å²) in [5.41, 5.74) is 0.620. The highest BCUT2D eigenvalue weighted by Gasteiger charge is 2.12. The van der Waals surface area contributed by atoms with Gasteiger partial charge < -0.3 is 5.32 Å². The molecule has 0 heterocycles. The van der Waals surface area contributed by atoms with Crippen molar-refractivity contribution in [2.75, 3.05) is 12.8 Å². The molecule has 0 saturated carbocycles. The van der Waals surface area contributed by atoms with Crippen LogP contribution < -0.4 is 5.32 Å². The molecular formula is C15H14BrF2NS. The standard InChI is InChI=1S/C15H14BrF2NS/c1-19-15(10-6-12(17)8-13(18)7-10)9-20-14-4-2-11(16)3-5-14/h2-8,15,19H,9H2,1H3. The van der Waals surface area contributed by atoms with Crippen LogP contribution in [0.15, 0.2) is 51.8 Å². The minimum atomic E-state index is -0.547. The third kappa shape index (κ3) is 4.30. The molecule has 106 valence electrons. The molecule has 0 saturated heterocycles. The first-order chi connectivity index (χ1) is 9.58. The first-order valence-electron chi connectivity index (χ1n) is 6.10. The van der Waals surface area contributed by atoms with E-state index in [0.717, 1.165) is 15.4 Å². The number of nitrogens with one attached hydrogen (secondary N) is 1. The summed E-state index contributed by atoms with van der Waals surface area (Å²) in [4.78, 5) is 1.12. The van der Waals surface area contributed by atoms with E-state index < -0.39 is 11.6 Å². The van der Waals surface area contributed by atoms with Gasteiger partial charge in [0.05, 0.1) is 0 Å². The van der Waals surface area contributed by atoms with Crippen LogP contribution in [0, 0.1) is 11.6 Å². The summed E-state index contributed by atoms with van der Waals surface area (Å²) in [5.74, 6) is -0.399. The second-order valence-electron chi connectivity index (χ2n) is 4.31. The second-order valence-corrected chi connectivity index (χ2v) is 6.32. The summed E-state index contributed by atoms with van der Waals surface area (Å²) in [6.45, 7) is 0. The number of benzene rings is 2. The van der Waals surface area contributed by atoms with Crippen molar-refractivity contribution in [2.45, 2.75) is 10.9 Å². The molecule has 0 radical (unpaired) electrons. The topological polar surface area (TPSA) is 12.0 Å². The van der Waals surface area contributed by atoms with Crippen LogP contribution in [0.2, 0.25) is 0 Å². The van der Waals surface area contributed by atoms with Gasteiger partial charge in [-0.3, -0.25) is 0 Å². The highest BCUT2D eigenvalue weighted by Crippen LogP contribution is 2.26. The second kappa shape index (κ2) is 7.20. The zero-order chi connectivity index (χ0) is 14.5. The molecule has 0 aliphatic heterocycles. The summed E-state index contributed by atoms with van der Waals surface area (Å²) >= 11 is 5.03. The van der Waals surface area contributed by atoms with Crippen molar-refractivity contribution in [3.8, 4) is 0 Å². The van der Waals surface area contributed by atoms with Crippen molar-refractivity contribution in [1.82, 2.24) is 5.32 Å². The highest BCUT2D eigenvalue weighted by molar-refractivity contribution is 9.10. The number of rotatable bonds is 5. The van der Waals surface area contributed by atoms with E-state index in [9.17, 15) is 8.78 Å². The monoisotopic (exact) mass is 357 g/mol. The first kappa shape index (κ1) is 15.5. The average Bonchev–Trinajstić information content (AvgIpc) is 2.40. The van der Waals surface area contributed by atoms with Crippen LogP contribution in [-0.2, 0) is 0 Å². The largest absolute Gasteiger partial charge is 0.312 e. The van der Waals surface area contributed by atoms with Gasteiger partial charge in [0.15, 0.2) is 0 Å². The third-order valence-corrected chi connectivity index (χ3v) is 4.50.